The second-order valence-electron chi connectivity index (χ2n) is 3.96. The van der Waals surface area contributed by atoms with Gasteiger partial charge in [0.15, 0.2) is 0 Å². The first-order chi connectivity index (χ1) is 9.43. The lowest BCUT2D eigenvalue weighted by molar-refractivity contribution is 0.788. The SMILES string of the molecule is c1ccc(-n2nnnc2NCCc2ncc[nH]2)cc1. The van der Waals surface area contributed by atoms with Gasteiger partial charge in [-0.1, -0.05) is 23.3 Å². The Morgan fingerprint density at radius 3 is 2.89 bits per heavy atom. The van der Waals surface area contributed by atoms with Crippen molar-refractivity contribution in [1.29, 1.82) is 0 Å². The van der Waals surface area contributed by atoms with Crippen molar-refractivity contribution < 1.29 is 0 Å². The molecule has 0 saturated carbocycles. The Morgan fingerprint density at radius 1 is 1.21 bits per heavy atom. The average molecular weight is 255 g/mol. The molecule has 0 fully saturated rings. The number of rotatable bonds is 5. The lowest BCUT2D eigenvalue weighted by Crippen LogP contribution is -2.11. The van der Waals surface area contributed by atoms with Crippen LogP contribution in [-0.2, 0) is 6.42 Å². The van der Waals surface area contributed by atoms with E-state index in [1.54, 1.807) is 10.9 Å². The number of anilines is 1. The molecule has 0 bridgehead atoms. The fourth-order valence-electron chi connectivity index (χ4n) is 1.77. The van der Waals surface area contributed by atoms with Crippen molar-refractivity contribution in [2.24, 2.45) is 0 Å². The molecule has 0 atom stereocenters. The van der Waals surface area contributed by atoms with E-state index in [1.807, 2.05) is 36.5 Å². The third-order valence-corrected chi connectivity index (χ3v) is 2.67. The maximum Gasteiger partial charge on any atom is 0.247 e. The van der Waals surface area contributed by atoms with E-state index < -0.39 is 0 Å². The van der Waals surface area contributed by atoms with Crippen LogP contribution >= 0.6 is 0 Å². The van der Waals surface area contributed by atoms with E-state index in [-0.39, 0.29) is 0 Å². The van der Waals surface area contributed by atoms with Crippen LogP contribution in [0.5, 0.6) is 0 Å². The van der Waals surface area contributed by atoms with E-state index in [0.717, 1.165) is 17.9 Å². The van der Waals surface area contributed by atoms with Crippen molar-refractivity contribution in [3.8, 4) is 5.69 Å². The van der Waals surface area contributed by atoms with Crippen molar-refractivity contribution in [3.63, 3.8) is 0 Å². The summed E-state index contributed by atoms with van der Waals surface area (Å²) in [4.78, 5) is 7.22. The van der Waals surface area contributed by atoms with E-state index in [4.69, 9.17) is 0 Å². The molecule has 2 heterocycles. The van der Waals surface area contributed by atoms with E-state index in [1.165, 1.54) is 0 Å². The zero-order valence-electron chi connectivity index (χ0n) is 10.2. The van der Waals surface area contributed by atoms with Crippen LogP contribution in [0.15, 0.2) is 42.7 Å². The first-order valence-electron chi connectivity index (χ1n) is 5.99. The summed E-state index contributed by atoms with van der Waals surface area (Å²) in [6.45, 7) is 0.709. The number of benzene rings is 1. The Balaban J connectivity index is 1.67. The Bertz CT molecular complexity index is 615. The van der Waals surface area contributed by atoms with Gasteiger partial charge in [0, 0.05) is 25.4 Å². The highest BCUT2D eigenvalue weighted by Gasteiger charge is 2.06. The number of tetrazole rings is 1. The Hall–Kier alpha value is -2.70. The largest absolute Gasteiger partial charge is 0.352 e. The first-order valence-corrected chi connectivity index (χ1v) is 5.99. The third-order valence-electron chi connectivity index (χ3n) is 2.67. The zero-order chi connectivity index (χ0) is 12.9. The number of nitrogens with one attached hydrogen (secondary N) is 2. The van der Waals surface area contributed by atoms with E-state index in [9.17, 15) is 0 Å². The number of aromatic amines is 1. The van der Waals surface area contributed by atoms with Crippen LogP contribution in [0.2, 0.25) is 0 Å². The van der Waals surface area contributed by atoms with Gasteiger partial charge in [-0.15, -0.1) is 0 Å². The van der Waals surface area contributed by atoms with Crippen molar-refractivity contribution in [3.05, 3.63) is 48.5 Å². The number of aromatic nitrogens is 6. The van der Waals surface area contributed by atoms with Crippen LogP contribution in [0.1, 0.15) is 5.82 Å². The van der Waals surface area contributed by atoms with Gasteiger partial charge in [-0.25, -0.2) is 4.98 Å². The van der Waals surface area contributed by atoms with Gasteiger partial charge < -0.3 is 10.3 Å². The maximum atomic E-state index is 4.16. The first kappa shape index (κ1) is 11.4. The smallest absolute Gasteiger partial charge is 0.247 e. The summed E-state index contributed by atoms with van der Waals surface area (Å²) in [5, 5.41) is 14.8. The van der Waals surface area contributed by atoms with Crippen LogP contribution < -0.4 is 5.32 Å². The molecule has 3 aromatic rings. The van der Waals surface area contributed by atoms with Gasteiger partial charge in [-0.05, 0) is 22.6 Å². The Kier molecular flexibility index (Phi) is 3.18. The predicted octanol–water partition coefficient (Wildman–Crippen LogP) is 1.04. The summed E-state index contributed by atoms with van der Waals surface area (Å²) < 4.78 is 1.67. The molecule has 0 saturated heterocycles. The lowest BCUT2D eigenvalue weighted by atomic mass is 10.3. The minimum Gasteiger partial charge on any atom is -0.352 e. The molecule has 0 aliphatic rings. The standard InChI is InChI=1S/C12H13N7/c1-2-4-10(5-3-1)19-12(16-17-18-19)15-7-6-11-13-8-9-14-11/h1-5,8-9H,6-7H2,(H,13,14)(H,15,16,18). The van der Waals surface area contributed by atoms with E-state index >= 15 is 0 Å². The molecule has 19 heavy (non-hydrogen) atoms. The van der Waals surface area contributed by atoms with Crippen molar-refractivity contribution in [1.82, 2.24) is 30.2 Å². The second-order valence-corrected chi connectivity index (χ2v) is 3.96. The Morgan fingerprint density at radius 2 is 2.11 bits per heavy atom. The molecule has 0 spiro atoms. The van der Waals surface area contributed by atoms with Gasteiger partial charge in [-0.3, -0.25) is 0 Å². The monoisotopic (exact) mass is 255 g/mol. The third kappa shape index (κ3) is 2.59. The molecular weight excluding hydrogens is 242 g/mol. The molecule has 0 amide bonds. The van der Waals surface area contributed by atoms with Gasteiger partial charge in [0.1, 0.15) is 5.82 Å². The number of hydrogen-bond acceptors (Lipinski definition) is 5. The van der Waals surface area contributed by atoms with Gasteiger partial charge in [0.25, 0.3) is 0 Å². The molecule has 0 aliphatic carbocycles. The molecule has 1 aromatic carbocycles. The molecule has 96 valence electrons. The Labute approximate surface area is 109 Å². The highest BCUT2D eigenvalue weighted by molar-refractivity contribution is 5.38. The summed E-state index contributed by atoms with van der Waals surface area (Å²) >= 11 is 0. The molecule has 0 unspecified atom stereocenters. The molecule has 7 nitrogen and oxygen atoms in total. The van der Waals surface area contributed by atoms with Crippen LogP contribution in [0.3, 0.4) is 0 Å². The van der Waals surface area contributed by atoms with Gasteiger partial charge in [-0.2, -0.15) is 4.68 Å². The molecule has 3 rings (SSSR count). The maximum absolute atomic E-state index is 4.16. The fraction of sp³-hybridized carbons (Fsp3) is 0.167. The molecule has 0 radical (unpaired) electrons. The van der Waals surface area contributed by atoms with Crippen LogP contribution in [0, 0.1) is 0 Å². The van der Waals surface area contributed by atoms with Crippen molar-refractivity contribution in [2.45, 2.75) is 6.42 Å². The molecule has 2 N–H and O–H groups in total. The quantitative estimate of drug-likeness (QED) is 0.711. The minimum absolute atomic E-state index is 0.623. The number of nitrogens with zero attached hydrogens (tertiary/aromatic N) is 5. The highest BCUT2D eigenvalue weighted by Crippen LogP contribution is 2.10. The lowest BCUT2D eigenvalue weighted by Gasteiger charge is -2.05. The highest BCUT2D eigenvalue weighted by atomic mass is 15.6. The normalized spacial score (nSPS) is 10.5. The van der Waals surface area contributed by atoms with Crippen molar-refractivity contribution in [2.75, 3.05) is 11.9 Å². The van der Waals surface area contributed by atoms with Crippen LogP contribution in [-0.4, -0.2) is 36.7 Å². The molecule has 2 aromatic heterocycles. The van der Waals surface area contributed by atoms with E-state index in [0.29, 0.717) is 12.5 Å². The van der Waals surface area contributed by atoms with Crippen LogP contribution in [0.4, 0.5) is 5.95 Å². The summed E-state index contributed by atoms with van der Waals surface area (Å²) in [5.41, 5.74) is 0.924. The minimum atomic E-state index is 0.623. The number of H-pyrrole nitrogens is 1. The van der Waals surface area contributed by atoms with Crippen molar-refractivity contribution >= 4 is 5.95 Å². The summed E-state index contributed by atoms with van der Waals surface area (Å²) in [5.74, 6) is 1.56. The summed E-state index contributed by atoms with van der Waals surface area (Å²) in [7, 11) is 0. The van der Waals surface area contributed by atoms with Crippen LogP contribution in [0.25, 0.3) is 5.69 Å². The number of para-hydroxylation sites is 1. The van der Waals surface area contributed by atoms with E-state index in [2.05, 4.69) is 30.8 Å². The van der Waals surface area contributed by atoms with Gasteiger partial charge >= 0.3 is 0 Å². The number of hydrogen-bond donors (Lipinski definition) is 2. The van der Waals surface area contributed by atoms with Gasteiger partial charge in [0.2, 0.25) is 5.95 Å². The average Bonchev–Trinajstić information content (AvgIpc) is 3.11. The zero-order valence-corrected chi connectivity index (χ0v) is 10.2. The second kappa shape index (κ2) is 5.30. The molecular formula is C12H13N7. The fourth-order valence-corrected chi connectivity index (χ4v) is 1.77. The predicted molar refractivity (Wildman–Crippen MR) is 69.9 cm³/mol. The summed E-state index contributed by atoms with van der Waals surface area (Å²) in [6.07, 6.45) is 4.33. The summed E-state index contributed by atoms with van der Waals surface area (Å²) in [6, 6.07) is 9.76. The topological polar surface area (TPSA) is 84.3 Å². The molecule has 0 aliphatic heterocycles. The number of imidazole rings is 1. The molecule has 7 heteroatoms. The van der Waals surface area contributed by atoms with Gasteiger partial charge in [0.05, 0.1) is 5.69 Å².